The molecule has 2 aliphatic rings. The summed E-state index contributed by atoms with van der Waals surface area (Å²) >= 11 is 0. The molecule has 0 aliphatic heterocycles. The third-order valence-electron chi connectivity index (χ3n) is 4.68. The van der Waals surface area contributed by atoms with E-state index in [1.165, 1.54) is 12.8 Å². The average Bonchev–Trinajstić information content (AvgIpc) is 3.09. The molecule has 2 N–H and O–H groups in total. The third kappa shape index (κ3) is 3.48. The Morgan fingerprint density at radius 1 is 1.37 bits per heavy atom. The minimum atomic E-state index is -0.647. The van der Waals surface area contributed by atoms with Crippen LogP contribution in [0.3, 0.4) is 0 Å². The number of carboxylic acids is 1. The number of nitrogens with zero attached hydrogens (tertiary/aromatic N) is 1. The van der Waals surface area contributed by atoms with Crippen molar-refractivity contribution in [1.82, 2.24) is 10.2 Å². The standard InChI is InChI=1S/C15H28N2O2/c1-3-5-10-17(4-2)13-8-9-15(11-13,14(18)19)16-12-6-7-12/h12-13,16H,3-11H2,1-2H3,(H,18,19). The normalized spacial score (nSPS) is 31.0. The predicted molar refractivity (Wildman–Crippen MR) is 76.3 cm³/mol. The highest BCUT2D eigenvalue weighted by Crippen LogP contribution is 2.36. The average molecular weight is 268 g/mol. The second kappa shape index (κ2) is 6.23. The highest BCUT2D eigenvalue weighted by Gasteiger charge is 2.49. The molecular weight excluding hydrogens is 240 g/mol. The van der Waals surface area contributed by atoms with E-state index in [2.05, 4.69) is 24.1 Å². The maximum absolute atomic E-state index is 11.7. The Hall–Kier alpha value is -0.610. The molecule has 4 nitrogen and oxygen atoms in total. The van der Waals surface area contributed by atoms with Gasteiger partial charge >= 0.3 is 5.97 Å². The lowest BCUT2D eigenvalue weighted by Gasteiger charge is -2.30. The van der Waals surface area contributed by atoms with Gasteiger partial charge in [0.15, 0.2) is 0 Å². The topological polar surface area (TPSA) is 52.6 Å². The Bertz CT molecular complexity index is 317. The molecular formula is C15H28N2O2. The number of carbonyl (C=O) groups is 1. The van der Waals surface area contributed by atoms with Crippen molar-refractivity contribution in [1.29, 1.82) is 0 Å². The second-order valence-corrected chi connectivity index (χ2v) is 6.18. The minimum Gasteiger partial charge on any atom is -0.480 e. The largest absolute Gasteiger partial charge is 0.480 e. The van der Waals surface area contributed by atoms with Gasteiger partial charge in [0.1, 0.15) is 5.54 Å². The molecule has 0 aromatic heterocycles. The first kappa shape index (κ1) is 14.8. The molecule has 19 heavy (non-hydrogen) atoms. The number of carboxylic acid groups (broad SMARTS) is 1. The molecule has 0 heterocycles. The Kier molecular flexibility index (Phi) is 4.85. The molecule has 2 saturated carbocycles. The maximum atomic E-state index is 11.7. The summed E-state index contributed by atoms with van der Waals surface area (Å²) in [6.07, 6.45) is 7.28. The zero-order valence-corrected chi connectivity index (χ0v) is 12.3. The highest BCUT2D eigenvalue weighted by molar-refractivity contribution is 5.79. The van der Waals surface area contributed by atoms with Crippen LogP contribution in [0.1, 0.15) is 58.8 Å². The fourth-order valence-corrected chi connectivity index (χ4v) is 3.30. The summed E-state index contributed by atoms with van der Waals surface area (Å²) in [6, 6.07) is 0.902. The Morgan fingerprint density at radius 3 is 2.63 bits per heavy atom. The van der Waals surface area contributed by atoms with E-state index in [1.807, 2.05) is 0 Å². The lowest BCUT2D eigenvalue weighted by Crippen LogP contribution is -2.52. The van der Waals surface area contributed by atoms with E-state index in [4.69, 9.17) is 0 Å². The SMILES string of the molecule is CCCCN(CC)C1CCC(NC2CC2)(C(=O)O)C1. The second-order valence-electron chi connectivity index (χ2n) is 6.18. The summed E-state index contributed by atoms with van der Waals surface area (Å²) in [6.45, 7) is 6.53. The van der Waals surface area contributed by atoms with Crippen molar-refractivity contribution < 1.29 is 9.90 Å². The highest BCUT2D eigenvalue weighted by atomic mass is 16.4. The van der Waals surface area contributed by atoms with Gasteiger partial charge in [-0.05, 0) is 51.6 Å². The summed E-state index contributed by atoms with van der Waals surface area (Å²) in [5.74, 6) is -0.645. The lowest BCUT2D eigenvalue weighted by molar-refractivity contribution is -0.145. The number of hydrogen-bond acceptors (Lipinski definition) is 3. The van der Waals surface area contributed by atoms with Gasteiger partial charge in [0.05, 0.1) is 0 Å². The van der Waals surface area contributed by atoms with Crippen LogP contribution in [-0.4, -0.2) is 46.7 Å². The molecule has 0 aromatic carbocycles. The fraction of sp³-hybridized carbons (Fsp3) is 0.933. The summed E-state index contributed by atoms with van der Waals surface area (Å²) < 4.78 is 0. The van der Waals surface area contributed by atoms with E-state index in [9.17, 15) is 9.90 Å². The van der Waals surface area contributed by atoms with Gasteiger partial charge in [0.2, 0.25) is 0 Å². The van der Waals surface area contributed by atoms with E-state index in [0.29, 0.717) is 12.1 Å². The van der Waals surface area contributed by atoms with Crippen molar-refractivity contribution in [3.63, 3.8) is 0 Å². The monoisotopic (exact) mass is 268 g/mol. The van der Waals surface area contributed by atoms with Gasteiger partial charge in [0.25, 0.3) is 0 Å². The van der Waals surface area contributed by atoms with E-state index in [1.54, 1.807) is 0 Å². The Labute approximate surface area is 116 Å². The zero-order valence-electron chi connectivity index (χ0n) is 12.3. The van der Waals surface area contributed by atoms with Crippen molar-refractivity contribution in [3.8, 4) is 0 Å². The van der Waals surface area contributed by atoms with E-state index >= 15 is 0 Å². The van der Waals surface area contributed by atoms with Crippen LogP contribution < -0.4 is 5.32 Å². The number of aliphatic carboxylic acids is 1. The molecule has 0 spiro atoms. The first-order valence-electron chi connectivity index (χ1n) is 7.86. The van der Waals surface area contributed by atoms with Gasteiger partial charge in [-0.1, -0.05) is 20.3 Å². The molecule has 2 atom stereocenters. The quantitative estimate of drug-likeness (QED) is 0.709. The van der Waals surface area contributed by atoms with Crippen LogP contribution in [0, 0.1) is 0 Å². The van der Waals surface area contributed by atoms with Crippen LogP contribution >= 0.6 is 0 Å². The smallest absolute Gasteiger partial charge is 0.323 e. The summed E-state index contributed by atoms with van der Waals surface area (Å²) in [4.78, 5) is 14.2. The van der Waals surface area contributed by atoms with E-state index < -0.39 is 11.5 Å². The number of rotatable bonds is 8. The lowest BCUT2D eigenvalue weighted by atomic mass is 9.97. The zero-order chi connectivity index (χ0) is 13.9. The molecule has 2 rings (SSSR count). The number of nitrogens with one attached hydrogen (secondary N) is 1. The number of unbranched alkanes of at least 4 members (excludes halogenated alkanes) is 1. The van der Waals surface area contributed by atoms with Gasteiger partial charge in [-0.3, -0.25) is 10.1 Å². The van der Waals surface area contributed by atoms with Crippen molar-refractivity contribution in [2.75, 3.05) is 13.1 Å². The summed E-state index contributed by atoms with van der Waals surface area (Å²) in [7, 11) is 0. The van der Waals surface area contributed by atoms with E-state index in [0.717, 1.165) is 45.2 Å². The van der Waals surface area contributed by atoms with Crippen LogP contribution in [0.4, 0.5) is 0 Å². The molecule has 0 aromatic rings. The molecule has 0 bridgehead atoms. The van der Waals surface area contributed by atoms with Crippen LogP contribution in [0.25, 0.3) is 0 Å². The molecule has 0 amide bonds. The first-order valence-corrected chi connectivity index (χ1v) is 7.86. The summed E-state index contributed by atoms with van der Waals surface area (Å²) in [5, 5.41) is 13.0. The van der Waals surface area contributed by atoms with Crippen LogP contribution in [0.2, 0.25) is 0 Å². The van der Waals surface area contributed by atoms with Gasteiger partial charge in [-0.25, -0.2) is 0 Å². The maximum Gasteiger partial charge on any atom is 0.323 e. The molecule has 110 valence electrons. The molecule has 0 radical (unpaired) electrons. The van der Waals surface area contributed by atoms with Gasteiger partial charge in [-0.2, -0.15) is 0 Å². The van der Waals surface area contributed by atoms with E-state index in [-0.39, 0.29) is 0 Å². The van der Waals surface area contributed by atoms with Crippen LogP contribution in [0.15, 0.2) is 0 Å². The Balaban J connectivity index is 1.96. The van der Waals surface area contributed by atoms with Gasteiger partial charge in [0, 0.05) is 12.1 Å². The van der Waals surface area contributed by atoms with Crippen molar-refractivity contribution in [3.05, 3.63) is 0 Å². The van der Waals surface area contributed by atoms with Gasteiger partial charge in [-0.15, -0.1) is 0 Å². The van der Waals surface area contributed by atoms with Crippen LogP contribution in [0.5, 0.6) is 0 Å². The van der Waals surface area contributed by atoms with Crippen molar-refractivity contribution in [2.24, 2.45) is 0 Å². The molecule has 4 heteroatoms. The number of hydrogen-bond donors (Lipinski definition) is 2. The molecule has 2 aliphatic carbocycles. The third-order valence-corrected chi connectivity index (χ3v) is 4.68. The predicted octanol–water partition coefficient (Wildman–Crippen LogP) is 2.24. The molecule has 0 saturated heterocycles. The first-order chi connectivity index (χ1) is 9.11. The van der Waals surface area contributed by atoms with Crippen LogP contribution in [-0.2, 0) is 4.79 Å². The Morgan fingerprint density at radius 2 is 2.11 bits per heavy atom. The van der Waals surface area contributed by atoms with Crippen molar-refractivity contribution in [2.45, 2.75) is 76.4 Å². The fourth-order valence-electron chi connectivity index (χ4n) is 3.30. The molecule has 2 fully saturated rings. The van der Waals surface area contributed by atoms with Gasteiger partial charge < -0.3 is 10.0 Å². The minimum absolute atomic E-state index is 0.443. The molecule has 2 unspecified atom stereocenters. The van der Waals surface area contributed by atoms with Crippen molar-refractivity contribution >= 4 is 5.97 Å². The summed E-state index contributed by atoms with van der Waals surface area (Å²) in [5.41, 5.74) is -0.647.